The average molecular weight is 217 g/mol. The molecular weight excluding hydrogens is 198 g/mol. The highest BCUT2D eigenvalue weighted by atomic mass is 16.1. The Hall–Kier alpha value is -1.15. The van der Waals surface area contributed by atoms with Crippen LogP contribution in [0.15, 0.2) is 30.3 Å². The number of nitrogens with one attached hydrogen (secondary N) is 1. The lowest BCUT2D eigenvalue weighted by Crippen LogP contribution is -2.38. The quantitative estimate of drug-likeness (QED) is 0.789. The molecule has 0 saturated carbocycles. The van der Waals surface area contributed by atoms with Crippen molar-refractivity contribution >= 4 is 5.78 Å². The highest BCUT2D eigenvalue weighted by Gasteiger charge is 2.20. The first kappa shape index (κ1) is 11.3. The highest BCUT2D eigenvalue weighted by molar-refractivity contribution is 5.96. The van der Waals surface area contributed by atoms with Gasteiger partial charge in [-0.05, 0) is 25.3 Å². The van der Waals surface area contributed by atoms with Gasteiger partial charge in [0.1, 0.15) is 0 Å². The minimum absolute atomic E-state index is 0.257. The number of rotatable bonds is 3. The Bertz CT molecular complexity index is 347. The molecule has 1 aliphatic rings. The van der Waals surface area contributed by atoms with Crippen molar-refractivity contribution in [1.82, 2.24) is 5.32 Å². The lowest BCUT2D eigenvalue weighted by atomic mass is 9.90. The fourth-order valence-electron chi connectivity index (χ4n) is 2.34. The number of carbonyl (C=O) groups excluding carboxylic acids is 1. The van der Waals surface area contributed by atoms with Gasteiger partial charge in [-0.25, -0.2) is 0 Å². The predicted molar refractivity (Wildman–Crippen MR) is 65.6 cm³/mol. The van der Waals surface area contributed by atoms with E-state index in [4.69, 9.17) is 0 Å². The molecule has 0 unspecified atom stereocenters. The average Bonchev–Trinajstić information content (AvgIpc) is 2.30. The van der Waals surface area contributed by atoms with Crippen LogP contribution in [0.2, 0.25) is 0 Å². The van der Waals surface area contributed by atoms with Crippen LogP contribution in [0.3, 0.4) is 0 Å². The number of hydrogen-bond acceptors (Lipinski definition) is 2. The minimum atomic E-state index is 0.257. The van der Waals surface area contributed by atoms with Gasteiger partial charge in [-0.2, -0.15) is 0 Å². The smallest absolute Gasteiger partial charge is 0.164 e. The number of carbonyl (C=O) groups is 1. The molecule has 0 aromatic heterocycles. The van der Waals surface area contributed by atoms with Crippen LogP contribution in [0.1, 0.15) is 36.5 Å². The normalized spacial score (nSPS) is 25.3. The molecule has 0 bridgehead atoms. The van der Waals surface area contributed by atoms with E-state index < -0.39 is 0 Å². The fraction of sp³-hybridized carbons (Fsp3) is 0.500. The summed E-state index contributed by atoms with van der Waals surface area (Å²) in [7, 11) is 0. The van der Waals surface area contributed by atoms with Crippen molar-refractivity contribution in [2.45, 2.75) is 32.2 Å². The third-order valence-electron chi connectivity index (χ3n) is 3.28. The van der Waals surface area contributed by atoms with Gasteiger partial charge in [0.05, 0.1) is 0 Å². The number of hydrogen-bond donors (Lipinski definition) is 1. The largest absolute Gasteiger partial charge is 0.314 e. The molecule has 2 rings (SSSR count). The minimum Gasteiger partial charge on any atom is -0.314 e. The molecule has 0 radical (unpaired) electrons. The molecule has 1 saturated heterocycles. The number of ketones is 1. The van der Waals surface area contributed by atoms with E-state index in [0.717, 1.165) is 24.4 Å². The zero-order chi connectivity index (χ0) is 11.4. The summed E-state index contributed by atoms with van der Waals surface area (Å²) >= 11 is 0. The van der Waals surface area contributed by atoms with E-state index in [1.165, 1.54) is 6.42 Å². The molecule has 0 spiro atoms. The maximum absolute atomic E-state index is 12.0. The molecule has 2 nitrogen and oxygen atoms in total. The zero-order valence-electron chi connectivity index (χ0n) is 9.78. The van der Waals surface area contributed by atoms with Gasteiger partial charge in [-0.15, -0.1) is 0 Å². The van der Waals surface area contributed by atoms with Crippen molar-refractivity contribution in [2.75, 3.05) is 6.54 Å². The predicted octanol–water partition coefficient (Wildman–Crippen LogP) is 2.65. The second-order valence-electron chi connectivity index (χ2n) is 4.77. The maximum Gasteiger partial charge on any atom is 0.164 e. The van der Waals surface area contributed by atoms with Crippen molar-refractivity contribution in [3.8, 4) is 0 Å². The van der Waals surface area contributed by atoms with Crippen LogP contribution in [0, 0.1) is 5.92 Å². The van der Waals surface area contributed by atoms with Crippen molar-refractivity contribution in [3.63, 3.8) is 0 Å². The van der Waals surface area contributed by atoms with E-state index in [9.17, 15) is 4.79 Å². The Labute approximate surface area is 97.1 Å². The molecule has 1 fully saturated rings. The second-order valence-corrected chi connectivity index (χ2v) is 4.77. The maximum atomic E-state index is 12.0. The molecule has 2 atom stereocenters. The Morgan fingerprint density at radius 1 is 1.38 bits per heavy atom. The van der Waals surface area contributed by atoms with Gasteiger partial charge in [0.15, 0.2) is 5.78 Å². The highest BCUT2D eigenvalue weighted by Crippen LogP contribution is 2.18. The van der Waals surface area contributed by atoms with Gasteiger partial charge < -0.3 is 5.32 Å². The lowest BCUT2D eigenvalue weighted by Gasteiger charge is -2.27. The van der Waals surface area contributed by atoms with Crippen LogP contribution in [-0.4, -0.2) is 18.4 Å². The summed E-state index contributed by atoms with van der Waals surface area (Å²) in [6.45, 7) is 3.31. The monoisotopic (exact) mass is 217 g/mol. The third-order valence-corrected chi connectivity index (χ3v) is 3.28. The van der Waals surface area contributed by atoms with E-state index in [1.807, 2.05) is 30.3 Å². The van der Waals surface area contributed by atoms with Crippen LogP contribution < -0.4 is 5.32 Å². The van der Waals surface area contributed by atoms with Crippen LogP contribution in [0.5, 0.6) is 0 Å². The molecular formula is C14H19NO. The molecule has 16 heavy (non-hydrogen) atoms. The molecule has 1 N–H and O–H groups in total. The van der Waals surface area contributed by atoms with Crippen LogP contribution in [0.4, 0.5) is 0 Å². The van der Waals surface area contributed by atoms with Crippen molar-refractivity contribution in [2.24, 2.45) is 5.92 Å². The zero-order valence-corrected chi connectivity index (χ0v) is 9.78. The first-order chi connectivity index (χ1) is 7.75. The molecule has 0 aliphatic carbocycles. The third kappa shape index (κ3) is 2.92. The summed E-state index contributed by atoms with van der Waals surface area (Å²) in [4.78, 5) is 12.0. The fourth-order valence-corrected chi connectivity index (χ4v) is 2.34. The molecule has 0 amide bonds. The summed E-state index contributed by atoms with van der Waals surface area (Å²) < 4.78 is 0. The van der Waals surface area contributed by atoms with Gasteiger partial charge in [0.2, 0.25) is 0 Å². The second kappa shape index (κ2) is 5.26. The molecule has 86 valence electrons. The van der Waals surface area contributed by atoms with E-state index >= 15 is 0 Å². The molecule has 1 aliphatic heterocycles. The van der Waals surface area contributed by atoms with Gasteiger partial charge >= 0.3 is 0 Å². The summed E-state index contributed by atoms with van der Waals surface area (Å²) in [5.41, 5.74) is 0.836. The Balaban J connectivity index is 1.92. The number of benzene rings is 1. The van der Waals surface area contributed by atoms with Crippen molar-refractivity contribution < 1.29 is 4.79 Å². The Kier molecular flexibility index (Phi) is 3.73. The van der Waals surface area contributed by atoms with Crippen molar-refractivity contribution in [1.29, 1.82) is 0 Å². The lowest BCUT2D eigenvalue weighted by molar-refractivity contribution is 0.0959. The van der Waals surface area contributed by atoms with Gasteiger partial charge in [-0.3, -0.25) is 4.79 Å². The summed E-state index contributed by atoms with van der Waals surface area (Å²) in [6, 6.07) is 9.95. The van der Waals surface area contributed by atoms with E-state index in [1.54, 1.807) is 0 Å². The first-order valence-corrected chi connectivity index (χ1v) is 6.07. The number of Topliss-reactive ketones (excluding diaryl/α,β-unsaturated/α-hetero) is 1. The van der Waals surface area contributed by atoms with Crippen LogP contribution in [0.25, 0.3) is 0 Å². The topological polar surface area (TPSA) is 29.1 Å². The van der Waals surface area contributed by atoms with Gasteiger partial charge in [-0.1, -0.05) is 37.3 Å². The van der Waals surface area contributed by atoms with E-state index in [2.05, 4.69) is 12.2 Å². The molecule has 2 heteroatoms. The van der Waals surface area contributed by atoms with Gasteiger partial charge in [0.25, 0.3) is 0 Å². The van der Waals surface area contributed by atoms with E-state index in [-0.39, 0.29) is 5.78 Å². The Morgan fingerprint density at radius 3 is 2.81 bits per heavy atom. The van der Waals surface area contributed by atoms with Crippen LogP contribution >= 0.6 is 0 Å². The summed E-state index contributed by atoms with van der Waals surface area (Å²) in [6.07, 6.45) is 2.99. The molecule has 1 aromatic carbocycles. The molecule has 1 heterocycles. The summed E-state index contributed by atoms with van der Waals surface area (Å²) in [5.74, 6) is 1.00. The Morgan fingerprint density at radius 2 is 2.12 bits per heavy atom. The standard InChI is InChI=1S/C14H19NO/c1-11-7-8-15-13(9-11)10-14(16)12-5-3-2-4-6-12/h2-6,11,13,15H,7-10H2,1H3/t11-,13-/m0/s1. The van der Waals surface area contributed by atoms with Crippen molar-refractivity contribution in [3.05, 3.63) is 35.9 Å². The first-order valence-electron chi connectivity index (χ1n) is 6.07. The SMILES string of the molecule is C[C@H]1CCN[C@H](CC(=O)c2ccccc2)C1. The summed E-state index contributed by atoms with van der Waals surface area (Å²) in [5, 5.41) is 3.43. The van der Waals surface area contributed by atoms with Gasteiger partial charge in [0, 0.05) is 18.0 Å². The number of piperidine rings is 1. The van der Waals surface area contributed by atoms with E-state index in [0.29, 0.717) is 12.5 Å². The molecule has 1 aromatic rings. The van der Waals surface area contributed by atoms with Crippen LogP contribution in [-0.2, 0) is 0 Å².